The van der Waals surface area contributed by atoms with E-state index in [1.54, 1.807) is 13.2 Å². The Balaban J connectivity index is 0.000000362. The van der Waals surface area contributed by atoms with E-state index in [0.717, 1.165) is 24.1 Å². The van der Waals surface area contributed by atoms with E-state index in [4.69, 9.17) is 27.0 Å². The van der Waals surface area contributed by atoms with Crippen molar-refractivity contribution in [2.24, 2.45) is 0 Å². The summed E-state index contributed by atoms with van der Waals surface area (Å²) in [7, 11) is -1.02. The van der Waals surface area contributed by atoms with Crippen LogP contribution in [-0.4, -0.2) is 77.2 Å². The summed E-state index contributed by atoms with van der Waals surface area (Å²) in [5, 5.41) is 11.7. The molecule has 2 aliphatic carbocycles. The van der Waals surface area contributed by atoms with Crippen molar-refractivity contribution in [1.29, 1.82) is 0 Å². The molecule has 1 aromatic rings. The van der Waals surface area contributed by atoms with E-state index in [9.17, 15) is 9.90 Å². The Bertz CT molecular complexity index is 983. The first-order valence-electron chi connectivity index (χ1n) is 8.75. The van der Waals surface area contributed by atoms with Gasteiger partial charge in [-0.2, -0.15) is 8.42 Å². The fourth-order valence-electron chi connectivity index (χ4n) is 5.28. The summed E-state index contributed by atoms with van der Waals surface area (Å²) in [4.78, 5) is 14.8. The predicted molar refractivity (Wildman–Crippen MR) is 101 cm³/mol. The summed E-state index contributed by atoms with van der Waals surface area (Å²) < 4.78 is 43.1. The van der Waals surface area contributed by atoms with Gasteiger partial charge in [-0.1, -0.05) is 6.07 Å². The lowest BCUT2D eigenvalue weighted by atomic mass is 9.51. The van der Waals surface area contributed by atoms with Crippen LogP contribution in [0, 0.1) is 0 Å². The van der Waals surface area contributed by atoms with Gasteiger partial charge in [0.15, 0.2) is 23.4 Å². The van der Waals surface area contributed by atoms with Gasteiger partial charge in [-0.25, -0.2) is 0 Å². The number of benzene rings is 1. The fourth-order valence-corrected chi connectivity index (χ4v) is 5.28. The molecule has 4 atom stereocenters. The highest BCUT2D eigenvalue weighted by Gasteiger charge is 2.71. The first-order valence-corrected chi connectivity index (χ1v) is 10.1. The number of carbonyl (C=O) groups is 1. The molecule has 5 N–H and O–H groups in total. The Morgan fingerprint density at radius 1 is 1.31 bits per heavy atom. The van der Waals surface area contributed by atoms with Gasteiger partial charge >= 0.3 is 10.4 Å². The van der Waals surface area contributed by atoms with E-state index in [1.807, 2.05) is 13.1 Å². The Labute approximate surface area is 167 Å². The Morgan fingerprint density at radius 3 is 2.59 bits per heavy atom. The molecule has 2 heterocycles. The number of rotatable bonds is 1. The van der Waals surface area contributed by atoms with Crippen LogP contribution in [-0.2, 0) is 27.0 Å². The maximum absolute atomic E-state index is 12.6. The van der Waals surface area contributed by atoms with E-state index in [1.165, 1.54) is 6.08 Å². The van der Waals surface area contributed by atoms with Gasteiger partial charge in [0, 0.05) is 11.6 Å². The van der Waals surface area contributed by atoms with Crippen LogP contribution in [0.3, 0.4) is 0 Å². The van der Waals surface area contributed by atoms with Crippen LogP contribution in [0.4, 0.5) is 0 Å². The predicted octanol–water partition coefficient (Wildman–Crippen LogP) is -0.653. The maximum Gasteiger partial charge on any atom is 0.394 e. The van der Waals surface area contributed by atoms with Gasteiger partial charge in [-0.15, -0.1) is 0 Å². The van der Waals surface area contributed by atoms with Crippen molar-refractivity contribution in [3.63, 3.8) is 0 Å². The zero-order valence-corrected chi connectivity index (χ0v) is 16.6. The monoisotopic (exact) mass is 429 g/mol. The minimum Gasteiger partial charge on any atom is -0.493 e. The van der Waals surface area contributed by atoms with Gasteiger partial charge in [0.05, 0.1) is 12.5 Å². The molecule has 2 aliphatic heterocycles. The van der Waals surface area contributed by atoms with E-state index in [2.05, 4.69) is 11.0 Å². The van der Waals surface area contributed by atoms with E-state index < -0.39 is 27.5 Å². The van der Waals surface area contributed by atoms with Gasteiger partial charge in [-0.3, -0.25) is 18.8 Å². The summed E-state index contributed by atoms with van der Waals surface area (Å²) in [6.45, 7) is 0.837. The number of ether oxygens (including phenoxy) is 2. The lowest BCUT2D eigenvalue weighted by Gasteiger charge is -2.60. The van der Waals surface area contributed by atoms with Crippen LogP contribution in [0.15, 0.2) is 24.3 Å². The molecule has 1 fully saturated rings. The molecule has 0 unspecified atom stereocenters. The topological polar surface area (TPSA) is 165 Å². The van der Waals surface area contributed by atoms with Crippen molar-refractivity contribution < 1.29 is 42.4 Å². The van der Waals surface area contributed by atoms with E-state index >= 15 is 0 Å². The third-order valence-corrected chi connectivity index (χ3v) is 6.34. The minimum absolute atomic E-state index is 0. The molecule has 4 aliphatic rings. The highest BCUT2D eigenvalue weighted by molar-refractivity contribution is 7.79. The third-order valence-electron chi connectivity index (χ3n) is 6.34. The third kappa shape index (κ3) is 2.88. The molecule has 5 rings (SSSR count). The second kappa shape index (κ2) is 6.76. The zero-order chi connectivity index (χ0) is 20.5. The number of ketones is 1. The smallest absolute Gasteiger partial charge is 0.394 e. The molecule has 160 valence electrons. The normalized spacial score (nSPS) is 33.6. The summed E-state index contributed by atoms with van der Waals surface area (Å²) in [5.41, 5.74) is 0.385. The van der Waals surface area contributed by atoms with Gasteiger partial charge in [0.1, 0.15) is 5.60 Å². The van der Waals surface area contributed by atoms with Crippen molar-refractivity contribution >= 4 is 16.2 Å². The second-order valence-corrected chi connectivity index (χ2v) is 8.46. The Morgan fingerprint density at radius 2 is 1.97 bits per heavy atom. The van der Waals surface area contributed by atoms with Gasteiger partial charge < -0.3 is 20.1 Å². The maximum atomic E-state index is 12.6. The fraction of sp³-hybridized carbons (Fsp3) is 0.500. The molecular weight excluding hydrogens is 406 g/mol. The van der Waals surface area contributed by atoms with Gasteiger partial charge in [-0.05, 0) is 50.2 Å². The van der Waals surface area contributed by atoms with Crippen molar-refractivity contribution in [3.8, 4) is 11.5 Å². The molecule has 1 saturated heterocycles. The van der Waals surface area contributed by atoms with Crippen LogP contribution < -0.4 is 9.47 Å². The molecular formula is C18H23NO9S. The standard InChI is InChI=1S/C18H19NO4.H2O4S.H2O/c1-19-8-7-17-14-10-3-4-12(22-2)15(14)23-16(17)11(20)5-6-18(17,21)13(19)9-10;1-5(2,3)4;/h3-6,13,16,21H,7-9H2,1-2H3;(H2,1,2,3,4);1H2/t13-,16+,17+,18-;;/m1../s1. The van der Waals surface area contributed by atoms with Crippen molar-refractivity contribution in [1.82, 2.24) is 4.90 Å². The number of methoxy groups -OCH3 is 1. The molecule has 0 saturated carbocycles. The van der Waals surface area contributed by atoms with Crippen LogP contribution in [0.5, 0.6) is 11.5 Å². The molecule has 29 heavy (non-hydrogen) atoms. The number of nitrogens with zero attached hydrogens (tertiary/aromatic N) is 1. The second-order valence-electron chi connectivity index (χ2n) is 7.56. The highest BCUT2D eigenvalue weighted by Crippen LogP contribution is 2.63. The molecule has 0 aromatic heterocycles. The summed E-state index contributed by atoms with van der Waals surface area (Å²) in [5.74, 6) is 1.22. The Hall–Kier alpha value is -2.02. The number of carbonyl (C=O) groups excluding carboxylic acids is 1. The summed E-state index contributed by atoms with van der Waals surface area (Å²) >= 11 is 0. The summed E-state index contributed by atoms with van der Waals surface area (Å²) in [6, 6.07) is 3.92. The van der Waals surface area contributed by atoms with Gasteiger partial charge in [0.25, 0.3) is 0 Å². The summed E-state index contributed by atoms with van der Waals surface area (Å²) in [6.07, 6.45) is 4.00. The quantitative estimate of drug-likeness (QED) is 0.492. The van der Waals surface area contributed by atoms with Crippen LogP contribution in [0.25, 0.3) is 0 Å². The highest BCUT2D eigenvalue weighted by atomic mass is 32.3. The minimum atomic E-state index is -4.67. The van der Waals surface area contributed by atoms with Crippen LogP contribution >= 0.6 is 0 Å². The number of aliphatic hydroxyl groups is 1. The number of hydrogen-bond acceptors (Lipinski definition) is 7. The van der Waals surface area contributed by atoms with E-state index in [-0.39, 0.29) is 17.3 Å². The largest absolute Gasteiger partial charge is 0.493 e. The molecule has 0 amide bonds. The molecule has 11 heteroatoms. The number of likely N-dealkylation sites (tertiary alicyclic amines) is 1. The Kier molecular flexibility index (Phi) is 5.05. The molecule has 2 bridgehead atoms. The number of piperidine rings is 1. The number of hydrogen-bond donors (Lipinski definition) is 3. The first-order chi connectivity index (χ1) is 13.0. The first kappa shape index (κ1) is 21.7. The molecule has 1 aromatic carbocycles. The van der Waals surface area contributed by atoms with Crippen molar-refractivity contribution in [2.75, 3.05) is 20.7 Å². The lowest BCUT2D eigenvalue weighted by Crippen LogP contribution is -2.74. The molecule has 10 nitrogen and oxygen atoms in total. The van der Waals surface area contributed by atoms with Crippen molar-refractivity contribution in [3.05, 3.63) is 35.4 Å². The van der Waals surface area contributed by atoms with Crippen molar-refractivity contribution in [2.45, 2.75) is 36.0 Å². The van der Waals surface area contributed by atoms with Crippen LogP contribution in [0.2, 0.25) is 0 Å². The SMILES string of the molecule is COc1ccc2c3c1O[C@H]1C(=O)C=C[C@@]4(O)[C@@H](C2)N(C)CC[C@]314.O.O=S(=O)(O)O. The zero-order valence-electron chi connectivity index (χ0n) is 15.8. The van der Waals surface area contributed by atoms with Crippen LogP contribution in [0.1, 0.15) is 17.5 Å². The number of likely N-dealkylation sites (N-methyl/N-ethyl adjacent to an activating group) is 1. The van der Waals surface area contributed by atoms with E-state index in [0.29, 0.717) is 17.9 Å². The average molecular weight is 429 g/mol. The molecule has 0 radical (unpaired) electrons. The average Bonchev–Trinajstić information content (AvgIpc) is 2.95. The lowest BCUT2D eigenvalue weighted by molar-refractivity contribution is -0.151. The molecule has 1 spiro atoms. The van der Waals surface area contributed by atoms with Gasteiger partial charge in [0.2, 0.25) is 0 Å².